The van der Waals surface area contributed by atoms with Crippen molar-refractivity contribution in [3.05, 3.63) is 76.8 Å². The number of esters is 2. The molecule has 0 aliphatic carbocycles. The molecule has 2 aromatic rings. The van der Waals surface area contributed by atoms with Crippen molar-refractivity contribution in [1.29, 1.82) is 0 Å². The molecule has 0 fully saturated rings. The van der Waals surface area contributed by atoms with Crippen LogP contribution in [0.5, 0.6) is 0 Å². The minimum absolute atomic E-state index is 0.0343. The molecule has 0 spiro atoms. The van der Waals surface area contributed by atoms with Gasteiger partial charge in [-0.2, -0.15) is 0 Å². The highest BCUT2D eigenvalue weighted by atomic mass is 35.5. The number of halogens is 1. The maximum atomic E-state index is 12.0. The maximum Gasteiger partial charge on any atom is 0.339 e. The van der Waals surface area contributed by atoms with Crippen molar-refractivity contribution >= 4 is 29.1 Å². The zero-order valence-corrected chi connectivity index (χ0v) is 12.8. The standard InChI is InChI=1S/C18H13ClO4/c19-16-9-5-4-8-14(16)15-10-13(23-18(15)21)11-22-17(20)12-6-2-1-3-7-12/h1-10,13H,11H2. The molecule has 5 heteroatoms. The number of carbonyl (C=O) groups is 2. The molecular formula is C18H13ClO4. The first-order valence-corrected chi connectivity index (χ1v) is 7.43. The monoisotopic (exact) mass is 328 g/mol. The molecule has 1 heterocycles. The predicted octanol–water partition coefficient (Wildman–Crippen LogP) is 3.51. The molecule has 1 unspecified atom stereocenters. The molecule has 0 saturated heterocycles. The Kier molecular flexibility index (Phi) is 4.44. The van der Waals surface area contributed by atoms with E-state index >= 15 is 0 Å². The van der Waals surface area contributed by atoms with Crippen LogP contribution in [-0.4, -0.2) is 24.6 Å². The van der Waals surface area contributed by atoms with Gasteiger partial charge in [0.05, 0.1) is 11.1 Å². The van der Waals surface area contributed by atoms with E-state index in [1.807, 2.05) is 6.07 Å². The summed E-state index contributed by atoms with van der Waals surface area (Å²) in [6, 6.07) is 15.7. The van der Waals surface area contributed by atoms with Crippen LogP contribution < -0.4 is 0 Å². The van der Waals surface area contributed by atoms with Gasteiger partial charge in [-0.05, 0) is 24.3 Å². The largest absolute Gasteiger partial charge is 0.458 e. The van der Waals surface area contributed by atoms with Crippen LogP contribution in [0.15, 0.2) is 60.7 Å². The molecular weight excluding hydrogens is 316 g/mol. The first-order valence-electron chi connectivity index (χ1n) is 7.05. The van der Waals surface area contributed by atoms with Gasteiger partial charge in [0.15, 0.2) is 6.10 Å². The van der Waals surface area contributed by atoms with Crippen molar-refractivity contribution in [2.24, 2.45) is 0 Å². The average Bonchev–Trinajstić information content (AvgIpc) is 2.94. The van der Waals surface area contributed by atoms with Gasteiger partial charge >= 0.3 is 11.9 Å². The van der Waals surface area contributed by atoms with Gasteiger partial charge in [0.25, 0.3) is 0 Å². The summed E-state index contributed by atoms with van der Waals surface area (Å²) in [5.74, 6) is -0.930. The number of carbonyl (C=O) groups excluding carboxylic acids is 2. The summed E-state index contributed by atoms with van der Waals surface area (Å²) in [7, 11) is 0. The molecule has 0 N–H and O–H groups in total. The van der Waals surface area contributed by atoms with Crippen molar-refractivity contribution in [1.82, 2.24) is 0 Å². The third kappa shape index (κ3) is 3.43. The van der Waals surface area contributed by atoms with Gasteiger partial charge in [-0.15, -0.1) is 0 Å². The van der Waals surface area contributed by atoms with Crippen molar-refractivity contribution < 1.29 is 19.1 Å². The second-order valence-corrected chi connectivity index (χ2v) is 5.38. The van der Waals surface area contributed by atoms with Gasteiger partial charge < -0.3 is 9.47 Å². The summed E-state index contributed by atoms with van der Waals surface area (Å²) in [6.45, 7) is -0.0343. The Bertz CT molecular complexity index is 768. The Morgan fingerprint density at radius 2 is 1.78 bits per heavy atom. The lowest BCUT2D eigenvalue weighted by Gasteiger charge is -2.09. The number of ether oxygens (including phenoxy) is 2. The third-order valence-electron chi connectivity index (χ3n) is 3.38. The van der Waals surface area contributed by atoms with Crippen molar-refractivity contribution in [2.75, 3.05) is 6.61 Å². The van der Waals surface area contributed by atoms with E-state index in [2.05, 4.69) is 0 Å². The number of benzene rings is 2. The Hall–Kier alpha value is -2.59. The highest BCUT2D eigenvalue weighted by Gasteiger charge is 2.28. The smallest absolute Gasteiger partial charge is 0.339 e. The molecule has 1 aliphatic rings. The van der Waals surface area contributed by atoms with Crippen LogP contribution in [0.2, 0.25) is 5.02 Å². The van der Waals surface area contributed by atoms with Gasteiger partial charge in [0.1, 0.15) is 6.61 Å². The molecule has 23 heavy (non-hydrogen) atoms. The quantitative estimate of drug-likeness (QED) is 0.806. The van der Waals surface area contributed by atoms with Crippen LogP contribution in [0.25, 0.3) is 5.57 Å². The summed E-state index contributed by atoms with van der Waals surface area (Å²) in [5.41, 5.74) is 1.44. The molecule has 4 nitrogen and oxygen atoms in total. The molecule has 0 saturated carbocycles. The number of rotatable bonds is 4. The van der Waals surface area contributed by atoms with Crippen LogP contribution in [-0.2, 0) is 14.3 Å². The second kappa shape index (κ2) is 6.67. The van der Waals surface area contributed by atoms with E-state index in [4.69, 9.17) is 21.1 Å². The minimum atomic E-state index is -0.610. The molecule has 3 rings (SSSR count). The number of hydrogen-bond acceptors (Lipinski definition) is 4. The van der Waals surface area contributed by atoms with Gasteiger partial charge in [0, 0.05) is 10.6 Å². The summed E-state index contributed by atoms with van der Waals surface area (Å²) in [6.07, 6.45) is 1.02. The fraction of sp³-hybridized carbons (Fsp3) is 0.111. The SMILES string of the molecule is O=C1OC(COC(=O)c2ccccc2)C=C1c1ccccc1Cl. The third-order valence-corrected chi connectivity index (χ3v) is 3.71. The summed E-state index contributed by atoms with van der Waals surface area (Å²) >= 11 is 6.09. The van der Waals surface area contributed by atoms with E-state index in [9.17, 15) is 9.59 Å². The van der Waals surface area contributed by atoms with Crippen LogP contribution >= 0.6 is 11.6 Å². The first kappa shape index (κ1) is 15.3. The van der Waals surface area contributed by atoms with Crippen LogP contribution in [0.1, 0.15) is 15.9 Å². The van der Waals surface area contributed by atoms with Crippen molar-refractivity contribution in [3.63, 3.8) is 0 Å². The van der Waals surface area contributed by atoms with Crippen LogP contribution in [0.3, 0.4) is 0 Å². The molecule has 116 valence electrons. The molecule has 2 aromatic carbocycles. The Morgan fingerprint density at radius 3 is 2.52 bits per heavy atom. The highest BCUT2D eigenvalue weighted by molar-refractivity contribution is 6.34. The predicted molar refractivity (Wildman–Crippen MR) is 86.0 cm³/mol. The van der Waals surface area contributed by atoms with E-state index in [0.717, 1.165) is 0 Å². The Labute approximate surface area is 138 Å². The van der Waals surface area contributed by atoms with E-state index in [-0.39, 0.29) is 6.61 Å². The fourth-order valence-corrected chi connectivity index (χ4v) is 2.50. The zero-order chi connectivity index (χ0) is 16.2. The first-order chi connectivity index (χ1) is 11.1. The molecule has 0 bridgehead atoms. The lowest BCUT2D eigenvalue weighted by atomic mass is 10.1. The van der Waals surface area contributed by atoms with E-state index < -0.39 is 18.0 Å². The molecule has 1 atom stereocenters. The summed E-state index contributed by atoms with van der Waals surface area (Å²) in [5, 5.41) is 0.470. The van der Waals surface area contributed by atoms with Crippen molar-refractivity contribution in [2.45, 2.75) is 6.10 Å². The summed E-state index contributed by atoms with van der Waals surface area (Å²) in [4.78, 5) is 23.8. The maximum absolute atomic E-state index is 12.0. The number of hydrogen-bond donors (Lipinski definition) is 0. The van der Waals surface area contributed by atoms with Gasteiger partial charge in [-0.25, -0.2) is 9.59 Å². The van der Waals surface area contributed by atoms with E-state index in [1.54, 1.807) is 54.6 Å². The zero-order valence-electron chi connectivity index (χ0n) is 12.1. The minimum Gasteiger partial charge on any atom is -0.458 e. The normalized spacial score (nSPS) is 16.7. The average molecular weight is 329 g/mol. The topological polar surface area (TPSA) is 52.6 Å². The van der Waals surface area contributed by atoms with Crippen LogP contribution in [0.4, 0.5) is 0 Å². The molecule has 1 aliphatic heterocycles. The lowest BCUT2D eigenvalue weighted by molar-refractivity contribution is -0.139. The van der Waals surface area contributed by atoms with E-state index in [0.29, 0.717) is 21.7 Å². The van der Waals surface area contributed by atoms with Crippen molar-refractivity contribution in [3.8, 4) is 0 Å². The summed E-state index contributed by atoms with van der Waals surface area (Å²) < 4.78 is 10.4. The Morgan fingerprint density at radius 1 is 1.09 bits per heavy atom. The van der Waals surface area contributed by atoms with E-state index in [1.165, 1.54) is 0 Å². The Balaban J connectivity index is 1.68. The van der Waals surface area contributed by atoms with Gasteiger partial charge in [0.2, 0.25) is 0 Å². The van der Waals surface area contributed by atoms with Gasteiger partial charge in [-0.1, -0.05) is 48.0 Å². The lowest BCUT2D eigenvalue weighted by Crippen LogP contribution is -2.18. The molecule has 0 radical (unpaired) electrons. The van der Waals surface area contributed by atoms with Crippen LogP contribution in [0, 0.1) is 0 Å². The number of cyclic esters (lactones) is 1. The highest BCUT2D eigenvalue weighted by Crippen LogP contribution is 2.29. The molecule has 0 amide bonds. The molecule has 0 aromatic heterocycles. The second-order valence-electron chi connectivity index (χ2n) is 4.97. The van der Waals surface area contributed by atoms with Gasteiger partial charge in [-0.3, -0.25) is 0 Å². The fourth-order valence-electron chi connectivity index (χ4n) is 2.27.